The van der Waals surface area contributed by atoms with E-state index in [-0.39, 0.29) is 17.0 Å². The first-order chi connectivity index (χ1) is 12.4. The van der Waals surface area contributed by atoms with Crippen molar-refractivity contribution in [3.05, 3.63) is 69.2 Å². The minimum atomic E-state index is -0.564. The monoisotopic (exact) mass is 351 g/mol. The molecule has 7 nitrogen and oxygen atoms in total. The molecule has 1 aliphatic rings. The van der Waals surface area contributed by atoms with Crippen molar-refractivity contribution in [3.8, 4) is 11.8 Å². The Morgan fingerprint density at radius 3 is 2.69 bits per heavy atom. The number of nitrogens with two attached hydrogens (primary N) is 1. The molecule has 134 valence electrons. The van der Waals surface area contributed by atoms with E-state index < -0.39 is 5.92 Å². The molecule has 7 heteroatoms. The molecule has 1 aliphatic heterocycles. The summed E-state index contributed by atoms with van der Waals surface area (Å²) in [5, 5.41) is 9.61. The Balaban J connectivity index is 2.22. The van der Waals surface area contributed by atoms with E-state index in [9.17, 15) is 10.1 Å². The molecule has 0 saturated heterocycles. The van der Waals surface area contributed by atoms with Crippen molar-refractivity contribution in [1.82, 2.24) is 14.5 Å². The maximum absolute atomic E-state index is 13.3. The largest absolute Gasteiger partial charge is 0.440 e. The number of hydrogen-bond donors (Lipinski definition) is 1. The zero-order valence-electron chi connectivity index (χ0n) is 15.1. The fourth-order valence-electron chi connectivity index (χ4n) is 3.15. The molecule has 3 rings (SSSR count). The lowest BCUT2D eigenvalue weighted by molar-refractivity contribution is 0.369. The summed E-state index contributed by atoms with van der Waals surface area (Å²) in [4.78, 5) is 19.3. The highest BCUT2D eigenvalue weighted by Gasteiger charge is 2.34. The first-order valence-corrected chi connectivity index (χ1v) is 8.30. The van der Waals surface area contributed by atoms with E-state index in [1.165, 1.54) is 0 Å². The number of likely N-dealkylation sites (N-methyl/N-ethyl adjacent to an activating group) is 1. The van der Waals surface area contributed by atoms with Crippen LogP contribution in [-0.4, -0.2) is 35.1 Å². The number of nitrogens with zero attached hydrogens (tertiary/aromatic N) is 4. The second-order valence-corrected chi connectivity index (χ2v) is 6.53. The van der Waals surface area contributed by atoms with Crippen LogP contribution in [0.2, 0.25) is 0 Å². The first-order valence-electron chi connectivity index (χ1n) is 8.30. The van der Waals surface area contributed by atoms with Crippen molar-refractivity contribution < 1.29 is 4.74 Å². The van der Waals surface area contributed by atoms with E-state index in [0.717, 1.165) is 17.8 Å². The van der Waals surface area contributed by atoms with Gasteiger partial charge in [0.25, 0.3) is 5.56 Å². The van der Waals surface area contributed by atoms with Gasteiger partial charge in [0.15, 0.2) is 0 Å². The van der Waals surface area contributed by atoms with E-state index in [4.69, 9.17) is 10.5 Å². The van der Waals surface area contributed by atoms with E-state index in [1.54, 1.807) is 29.1 Å². The second kappa shape index (κ2) is 7.02. The second-order valence-electron chi connectivity index (χ2n) is 6.53. The van der Waals surface area contributed by atoms with Crippen LogP contribution in [0.1, 0.15) is 22.7 Å². The van der Waals surface area contributed by atoms with Gasteiger partial charge in [-0.3, -0.25) is 9.78 Å². The Morgan fingerprint density at radius 1 is 1.38 bits per heavy atom. The molecule has 26 heavy (non-hydrogen) atoms. The maximum atomic E-state index is 13.3. The Kier molecular flexibility index (Phi) is 4.78. The lowest BCUT2D eigenvalue weighted by atomic mass is 9.84. The normalized spacial score (nSPS) is 16.2. The molecule has 0 bridgehead atoms. The third kappa shape index (κ3) is 3.07. The highest BCUT2D eigenvalue weighted by Crippen LogP contribution is 2.40. The summed E-state index contributed by atoms with van der Waals surface area (Å²) in [6.07, 6.45) is 3.27. The fraction of sp³-hybridized carbons (Fsp3) is 0.316. The summed E-state index contributed by atoms with van der Waals surface area (Å²) in [5.74, 6) is -0.121. The van der Waals surface area contributed by atoms with Crippen LogP contribution in [0.4, 0.5) is 0 Å². The number of aryl methyl sites for hydroxylation is 1. The summed E-state index contributed by atoms with van der Waals surface area (Å²) in [5.41, 5.74) is 8.06. The Hall–Kier alpha value is -3.11. The first kappa shape index (κ1) is 17.7. The third-order valence-electron chi connectivity index (χ3n) is 4.50. The van der Waals surface area contributed by atoms with Gasteiger partial charge in [0.2, 0.25) is 5.88 Å². The molecule has 0 fully saturated rings. The summed E-state index contributed by atoms with van der Waals surface area (Å²) in [6, 6.07) is 7.49. The van der Waals surface area contributed by atoms with Gasteiger partial charge in [-0.05, 0) is 38.7 Å². The summed E-state index contributed by atoms with van der Waals surface area (Å²) in [7, 11) is 3.91. The van der Waals surface area contributed by atoms with Crippen LogP contribution in [-0.2, 0) is 6.54 Å². The number of aromatic nitrogens is 2. The molecule has 2 N–H and O–H groups in total. The Morgan fingerprint density at radius 2 is 2.08 bits per heavy atom. The van der Waals surface area contributed by atoms with Crippen LogP contribution in [0.25, 0.3) is 0 Å². The number of fused-ring (bicyclic) bond motifs is 1. The zero-order valence-corrected chi connectivity index (χ0v) is 15.1. The average Bonchev–Trinajstić information content (AvgIpc) is 2.60. The van der Waals surface area contributed by atoms with Crippen LogP contribution in [0.15, 0.2) is 46.8 Å². The van der Waals surface area contributed by atoms with E-state index >= 15 is 0 Å². The van der Waals surface area contributed by atoms with Crippen LogP contribution in [0, 0.1) is 18.3 Å². The number of nitriles is 1. The molecular weight excluding hydrogens is 330 g/mol. The van der Waals surface area contributed by atoms with Gasteiger partial charge >= 0.3 is 0 Å². The number of hydrogen-bond acceptors (Lipinski definition) is 6. The number of pyridine rings is 2. The topological polar surface area (TPSA) is 97.2 Å². The van der Waals surface area contributed by atoms with Gasteiger partial charge in [-0.25, -0.2) is 0 Å². The van der Waals surface area contributed by atoms with Gasteiger partial charge in [-0.1, -0.05) is 0 Å². The molecule has 0 saturated carbocycles. The van der Waals surface area contributed by atoms with Gasteiger partial charge in [0.1, 0.15) is 17.4 Å². The number of rotatable bonds is 4. The van der Waals surface area contributed by atoms with Gasteiger partial charge in [-0.15, -0.1) is 0 Å². The number of allylic oxidation sites excluding steroid dienone is 1. The number of ether oxygens (including phenoxy) is 1. The van der Waals surface area contributed by atoms with Crippen LogP contribution < -0.4 is 16.0 Å². The molecule has 3 heterocycles. The van der Waals surface area contributed by atoms with Crippen molar-refractivity contribution in [2.24, 2.45) is 5.73 Å². The van der Waals surface area contributed by atoms with Crippen molar-refractivity contribution in [2.75, 3.05) is 20.6 Å². The SMILES string of the molecule is Cc1cc2c(c(=O)n1CCN(C)C)[C@@H](c1ccncc1)C(C#N)=C(N)O2. The average molecular weight is 351 g/mol. The molecule has 0 unspecified atom stereocenters. The molecule has 0 aromatic carbocycles. The molecule has 2 aromatic rings. The van der Waals surface area contributed by atoms with Crippen LogP contribution in [0.3, 0.4) is 0 Å². The Bertz CT molecular complexity index is 954. The minimum Gasteiger partial charge on any atom is -0.440 e. The van der Waals surface area contributed by atoms with Gasteiger partial charge in [-0.2, -0.15) is 5.26 Å². The Labute approximate surface area is 151 Å². The lowest BCUT2D eigenvalue weighted by Gasteiger charge is -2.27. The van der Waals surface area contributed by atoms with Gasteiger partial charge < -0.3 is 19.9 Å². The molecule has 0 spiro atoms. The van der Waals surface area contributed by atoms with E-state index in [1.807, 2.05) is 32.0 Å². The minimum absolute atomic E-state index is 0.0339. The molecule has 0 radical (unpaired) electrons. The van der Waals surface area contributed by atoms with Gasteiger partial charge in [0, 0.05) is 37.2 Å². The van der Waals surface area contributed by atoms with Crippen molar-refractivity contribution in [2.45, 2.75) is 19.4 Å². The van der Waals surface area contributed by atoms with Gasteiger partial charge in [0.05, 0.1) is 11.5 Å². The van der Waals surface area contributed by atoms with Crippen LogP contribution >= 0.6 is 0 Å². The molecule has 0 aliphatic carbocycles. The van der Waals surface area contributed by atoms with Crippen LogP contribution in [0.5, 0.6) is 5.75 Å². The third-order valence-corrected chi connectivity index (χ3v) is 4.50. The van der Waals surface area contributed by atoms with E-state index in [0.29, 0.717) is 17.9 Å². The highest BCUT2D eigenvalue weighted by molar-refractivity contribution is 5.54. The highest BCUT2D eigenvalue weighted by atomic mass is 16.5. The maximum Gasteiger partial charge on any atom is 0.258 e. The summed E-state index contributed by atoms with van der Waals surface area (Å²) in [6.45, 7) is 3.14. The van der Waals surface area contributed by atoms with Crippen molar-refractivity contribution >= 4 is 0 Å². The predicted octanol–water partition coefficient (Wildman–Crippen LogP) is 1.33. The predicted molar refractivity (Wildman–Crippen MR) is 97.5 cm³/mol. The summed E-state index contributed by atoms with van der Waals surface area (Å²) >= 11 is 0. The quantitative estimate of drug-likeness (QED) is 0.892. The molecular formula is C19H21N5O2. The summed E-state index contributed by atoms with van der Waals surface area (Å²) < 4.78 is 7.34. The smallest absolute Gasteiger partial charge is 0.258 e. The van der Waals surface area contributed by atoms with Crippen molar-refractivity contribution in [1.29, 1.82) is 5.26 Å². The molecule has 1 atom stereocenters. The fourth-order valence-corrected chi connectivity index (χ4v) is 3.15. The van der Waals surface area contributed by atoms with E-state index in [2.05, 4.69) is 11.1 Å². The van der Waals surface area contributed by atoms with Crippen molar-refractivity contribution in [3.63, 3.8) is 0 Å². The molecule has 2 aromatic heterocycles. The standard InChI is InChI=1S/C19H21N5O2/c1-12-10-15-17(19(25)24(12)9-8-23(2)3)16(13-4-6-22-7-5-13)14(11-20)18(21)26-15/h4-7,10,16H,8-9,21H2,1-3H3/t16-/m0/s1. The lowest BCUT2D eigenvalue weighted by Crippen LogP contribution is -2.34. The zero-order chi connectivity index (χ0) is 18.8. The molecule has 0 amide bonds.